The van der Waals surface area contributed by atoms with Crippen LogP contribution in [0, 0.1) is 5.92 Å². The molecule has 0 spiro atoms. The largest absolute Gasteiger partial charge is 0.273 e. The van der Waals surface area contributed by atoms with Crippen molar-refractivity contribution in [2.75, 3.05) is 13.6 Å². The van der Waals surface area contributed by atoms with E-state index in [4.69, 9.17) is 0 Å². The second-order valence-electron chi connectivity index (χ2n) is 4.19. The summed E-state index contributed by atoms with van der Waals surface area (Å²) in [7, 11) is 1.79. The van der Waals surface area contributed by atoms with Crippen LogP contribution in [0.2, 0.25) is 0 Å². The molecule has 1 aliphatic heterocycles. The SMILES string of the molecule is CCCC(C)C(=O)NN1C(=O)CN(C)C1S. The Hall–Kier alpha value is -0.750. The standard InChI is InChI=1S/C10H19N3O2S/c1-4-5-7(2)9(15)11-13-8(14)6-12(3)10(13)16/h7,10,16H,4-6H2,1-3H3,(H,11,15). The van der Waals surface area contributed by atoms with Crippen LogP contribution in [0.1, 0.15) is 26.7 Å². The van der Waals surface area contributed by atoms with Crippen LogP contribution >= 0.6 is 12.6 Å². The zero-order valence-corrected chi connectivity index (χ0v) is 10.8. The molecule has 1 heterocycles. The third kappa shape index (κ3) is 2.89. The maximum Gasteiger partial charge on any atom is 0.257 e. The Morgan fingerprint density at radius 1 is 1.69 bits per heavy atom. The summed E-state index contributed by atoms with van der Waals surface area (Å²) < 4.78 is 0. The molecule has 5 nitrogen and oxygen atoms in total. The average Bonchev–Trinajstić information content (AvgIpc) is 2.45. The minimum atomic E-state index is -0.370. The van der Waals surface area contributed by atoms with Gasteiger partial charge in [-0.3, -0.25) is 19.9 Å². The number of rotatable bonds is 4. The molecule has 16 heavy (non-hydrogen) atoms. The van der Waals surface area contributed by atoms with Crippen LogP contribution in [-0.4, -0.2) is 40.8 Å². The lowest BCUT2D eigenvalue weighted by atomic mass is 10.1. The molecule has 2 atom stereocenters. The number of hydrogen-bond acceptors (Lipinski definition) is 4. The molecule has 2 unspecified atom stereocenters. The third-order valence-electron chi connectivity index (χ3n) is 2.68. The molecule has 1 fully saturated rings. The molecular weight excluding hydrogens is 226 g/mol. The highest BCUT2D eigenvalue weighted by atomic mass is 32.1. The number of carbonyl (C=O) groups is 2. The van der Waals surface area contributed by atoms with E-state index in [0.717, 1.165) is 12.8 Å². The Morgan fingerprint density at radius 3 is 2.75 bits per heavy atom. The van der Waals surface area contributed by atoms with E-state index in [1.807, 2.05) is 13.8 Å². The summed E-state index contributed by atoms with van der Waals surface area (Å²) in [5, 5.41) is 1.29. The van der Waals surface area contributed by atoms with Crippen LogP contribution in [0.25, 0.3) is 0 Å². The van der Waals surface area contributed by atoms with E-state index in [1.54, 1.807) is 11.9 Å². The Kier molecular flexibility index (Phi) is 4.61. The van der Waals surface area contributed by atoms with Crippen LogP contribution in [-0.2, 0) is 9.59 Å². The first-order valence-corrected chi connectivity index (χ1v) is 5.99. The lowest BCUT2D eigenvalue weighted by molar-refractivity contribution is -0.140. The first kappa shape index (κ1) is 13.3. The van der Waals surface area contributed by atoms with Crippen molar-refractivity contribution in [2.45, 2.75) is 32.2 Å². The molecular formula is C10H19N3O2S. The van der Waals surface area contributed by atoms with Crippen LogP contribution in [0.3, 0.4) is 0 Å². The average molecular weight is 245 g/mol. The second kappa shape index (κ2) is 5.54. The summed E-state index contributed by atoms with van der Waals surface area (Å²) in [6.07, 6.45) is 1.77. The number of hydrogen-bond donors (Lipinski definition) is 2. The van der Waals surface area contributed by atoms with Gasteiger partial charge in [0.25, 0.3) is 5.91 Å². The van der Waals surface area contributed by atoms with Crippen molar-refractivity contribution in [1.82, 2.24) is 15.3 Å². The fraction of sp³-hybridized carbons (Fsp3) is 0.800. The number of hydrazine groups is 1. The number of likely N-dealkylation sites (N-methyl/N-ethyl adjacent to an activating group) is 1. The van der Waals surface area contributed by atoms with Gasteiger partial charge in [0, 0.05) is 5.92 Å². The van der Waals surface area contributed by atoms with Crippen molar-refractivity contribution in [3.8, 4) is 0 Å². The zero-order chi connectivity index (χ0) is 12.3. The van der Waals surface area contributed by atoms with Crippen molar-refractivity contribution in [1.29, 1.82) is 0 Å². The molecule has 0 bridgehead atoms. The van der Waals surface area contributed by atoms with Gasteiger partial charge in [0.2, 0.25) is 5.91 Å². The fourth-order valence-corrected chi connectivity index (χ4v) is 1.88. The fourth-order valence-electron chi connectivity index (χ4n) is 1.61. The van der Waals surface area contributed by atoms with Gasteiger partial charge in [-0.05, 0) is 13.5 Å². The van der Waals surface area contributed by atoms with Gasteiger partial charge >= 0.3 is 0 Å². The van der Waals surface area contributed by atoms with Gasteiger partial charge in [0.1, 0.15) is 5.50 Å². The smallest absolute Gasteiger partial charge is 0.257 e. The third-order valence-corrected chi connectivity index (χ3v) is 3.30. The van der Waals surface area contributed by atoms with Crippen molar-refractivity contribution in [3.63, 3.8) is 0 Å². The van der Waals surface area contributed by atoms with Crippen LogP contribution in [0.15, 0.2) is 0 Å². The summed E-state index contributed by atoms with van der Waals surface area (Å²) in [4.78, 5) is 25.0. The Bertz CT molecular complexity index is 285. The highest BCUT2D eigenvalue weighted by Crippen LogP contribution is 2.15. The van der Waals surface area contributed by atoms with Crippen molar-refractivity contribution < 1.29 is 9.59 Å². The van der Waals surface area contributed by atoms with E-state index >= 15 is 0 Å². The summed E-state index contributed by atoms with van der Waals surface area (Å²) in [5.74, 6) is -0.326. The number of nitrogens with zero attached hydrogens (tertiary/aromatic N) is 2. The molecule has 0 aliphatic carbocycles. The van der Waals surface area contributed by atoms with Gasteiger partial charge in [-0.15, -0.1) is 12.6 Å². The molecule has 0 saturated carbocycles. The lowest BCUT2D eigenvalue weighted by Gasteiger charge is -2.25. The minimum absolute atomic E-state index is 0.0794. The van der Waals surface area contributed by atoms with Gasteiger partial charge in [-0.1, -0.05) is 20.3 Å². The van der Waals surface area contributed by atoms with E-state index < -0.39 is 0 Å². The first-order valence-electron chi connectivity index (χ1n) is 5.48. The van der Waals surface area contributed by atoms with E-state index in [2.05, 4.69) is 18.1 Å². The first-order chi connectivity index (χ1) is 7.47. The van der Waals surface area contributed by atoms with Gasteiger partial charge in [-0.2, -0.15) is 0 Å². The van der Waals surface area contributed by atoms with E-state index in [9.17, 15) is 9.59 Å². The molecule has 1 rings (SSSR count). The molecule has 1 saturated heterocycles. The molecule has 0 aromatic carbocycles. The van der Waals surface area contributed by atoms with Crippen molar-refractivity contribution in [2.24, 2.45) is 5.92 Å². The number of amides is 2. The second-order valence-corrected chi connectivity index (χ2v) is 4.65. The van der Waals surface area contributed by atoms with Crippen molar-refractivity contribution >= 4 is 24.4 Å². The molecule has 92 valence electrons. The predicted molar refractivity (Wildman–Crippen MR) is 64.5 cm³/mol. The number of thiol groups is 1. The zero-order valence-electron chi connectivity index (χ0n) is 9.93. The molecule has 6 heteroatoms. The summed E-state index contributed by atoms with van der Waals surface area (Å²) in [6.45, 7) is 4.17. The maximum atomic E-state index is 11.7. The topological polar surface area (TPSA) is 52.7 Å². The Balaban J connectivity index is 2.54. The molecule has 0 aromatic rings. The Labute approximate surface area is 102 Å². The molecule has 1 aliphatic rings. The molecule has 0 radical (unpaired) electrons. The van der Waals surface area contributed by atoms with Crippen LogP contribution in [0.4, 0.5) is 0 Å². The normalized spacial score (nSPS) is 23.6. The summed E-state index contributed by atoms with van der Waals surface area (Å²) in [6, 6.07) is 0. The van der Waals surface area contributed by atoms with Crippen LogP contribution < -0.4 is 5.43 Å². The molecule has 0 aromatic heterocycles. The summed E-state index contributed by atoms with van der Waals surface area (Å²) >= 11 is 4.25. The van der Waals surface area contributed by atoms with Crippen LogP contribution in [0.5, 0.6) is 0 Å². The quantitative estimate of drug-likeness (QED) is 0.707. The van der Waals surface area contributed by atoms with Crippen molar-refractivity contribution in [3.05, 3.63) is 0 Å². The van der Waals surface area contributed by atoms with E-state index in [0.29, 0.717) is 0 Å². The monoisotopic (exact) mass is 245 g/mol. The van der Waals surface area contributed by atoms with E-state index in [1.165, 1.54) is 5.01 Å². The van der Waals surface area contributed by atoms with Gasteiger partial charge in [0.15, 0.2) is 0 Å². The molecule has 1 N–H and O–H groups in total. The number of nitrogens with one attached hydrogen (secondary N) is 1. The van der Waals surface area contributed by atoms with Gasteiger partial charge < -0.3 is 0 Å². The van der Waals surface area contributed by atoms with Gasteiger partial charge in [-0.25, -0.2) is 5.01 Å². The highest BCUT2D eigenvalue weighted by Gasteiger charge is 2.34. The number of carbonyl (C=O) groups excluding carboxylic acids is 2. The lowest BCUT2D eigenvalue weighted by Crippen LogP contribution is -2.49. The predicted octanol–water partition coefficient (Wildman–Crippen LogP) is 0.441. The Morgan fingerprint density at radius 2 is 2.31 bits per heavy atom. The summed E-state index contributed by atoms with van der Waals surface area (Å²) in [5.41, 5.74) is 2.25. The minimum Gasteiger partial charge on any atom is -0.273 e. The maximum absolute atomic E-state index is 11.7. The molecule has 2 amide bonds. The van der Waals surface area contributed by atoms with E-state index in [-0.39, 0.29) is 29.8 Å². The van der Waals surface area contributed by atoms with Gasteiger partial charge in [0.05, 0.1) is 6.54 Å². The highest BCUT2D eigenvalue weighted by molar-refractivity contribution is 7.80.